The lowest BCUT2D eigenvalue weighted by Crippen LogP contribution is -2.29. The lowest BCUT2D eigenvalue weighted by atomic mass is 9.92. The molecule has 1 aliphatic heterocycles. The average molecular weight is 401 g/mol. The first-order valence-electron chi connectivity index (χ1n) is 8.05. The zero-order chi connectivity index (χ0) is 18.8. The van der Waals surface area contributed by atoms with Gasteiger partial charge in [0, 0.05) is 25.9 Å². The zero-order valence-corrected chi connectivity index (χ0v) is 16.9. The molecule has 2 aromatic carbocycles. The predicted molar refractivity (Wildman–Crippen MR) is 112 cm³/mol. The Balaban J connectivity index is 1.83. The van der Waals surface area contributed by atoms with Crippen molar-refractivity contribution in [2.45, 2.75) is 18.7 Å². The fraction of sp³-hybridized carbons (Fsp3) is 0.190. The van der Waals surface area contributed by atoms with Crippen LogP contribution in [0.2, 0.25) is 5.02 Å². The highest BCUT2D eigenvalue weighted by Crippen LogP contribution is 2.37. The number of hydrogen-bond donors (Lipinski definition) is 0. The summed E-state index contributed by atoms with van der Waals surface area (Å²) in [5.41, 5.74) is 6.32. The lowest BCUT2D eigenvalue weighted by molar-refractivity contribution is -0.112. The first-order chi connectivity index (χ1) is 12.4. The molecule has 2 nitrogen and oxygen atoms in total. The van der Waals surface area contributed by atoms with Crippen LogP contribution < -0.4 is 4.74 Å². The van der Waals surface area contributed by atoms with Crippen molar-refractivity contribution in [2.75, 3.05) is 6.61 Å². The fourth-order valence-electron chi connectivity index (χ4n) is 2.88. The number of thiocarbonyl (C=S) groups is 1. The van der Waals surface area contributed by atoms with Crippen LogP contribution in [-0.2, 0) is 4.79 Å². The Morgan fingerprint density at radius 2 is 1.96 bits per heavy atom. The Labute approximate surface area is 167 Å². The molecule has 1 aliphatic rings. The van der Waals surface area contributed by atoms with Crippen molar-refractivity contribution in [3.05, 3.63) is 76.0 Å². The zero-order valence-electron chi connectivity index (χ0n) is 14.5. The first-order valence-corrected chi connectivity index (χ1v) is 9.66. The van der Waals surface area contributed by atoms with Crippen molar-refractivity contribution in [2.24, 2.45) is 5.92 Å². The van der Waals surface area contributed by atoms with Crippen LogP contribution in [-0.4, -0.2) is 16.6 Å². The summed E-state index contributed by atoms with van der Waals surface area (Å²) in [6.45, 7) is 7.80. The maximum atomic E-state index is 12.6. The molecule has 0 saturated heterocycles. The standard InChI is InChI=1S/C21H17ClO2S2/c1-4-14(11-24-15-9-12(2)19(22)13(3)10-15)18-20(25)16-7-5-6-8-17(16)26-21(18)23/h5-10,18H,1,11H2,2-3H3. The average Bonchev–Trinajstić information content (AvgIpc) is 2.62. The fourth-order valence-corrected chi connectivity index (χ4v) is 4.58. The third kappa shape index (κ3) is 3.65. The number of halogens is 1. The molecule has 0 amide bonds. The Kier molecular flexibility index (Phi) is 5.69. The number of ether oxygens (including phenoxy) is 1. The highest BCUT2D eigenvalue weighted by molar-refractivity contribution is 8.14. The van der Waals surface area contributed by atoms with E-state index in [4.69, 9.17) is 28.6 Å². The van der Waals surface area contributed by atoms with E-state index in [0.29, 0.717) is 16.2 Å². The van der Waals surface area contributed by atoms with Gasteiger partial charge in [0.1, 0.15) is 12.4 Å². The van der Waals surface area contributed by atoms with Gasteiger partial charge in [-0.25, -0.2) is 0 Å². The van der Waals surface area contributed by atoms with Crippen molar-refractivity contribution >= 4 is 45.6 Å². The van der Waals surface area contributed by atoms with E-state index in [1.807, 2.05) is 50.2 Å². The Morgan fingerprint density at radius 3 is 2.62 bits per heavy atom. The van der Waals surface area contributed by atoms with E-state index >= 15 is 0 Å². The molecule has 0 aliphatic carbocycles. The maximum Gasteiger partial charge on any atom is 0.206 e. The van der Waals surface area contributed by atoms with Gasteiger partial charge in [0.25, 0.3) is 0 Å². The van der Waals surface area contributed by atoms with Gasteiger partial charge in [0.15, 0.2) is 0 Å². The van der Waals surface area contributed by atoms with Crippen LogP contribution >= 0.6 is 35.6 Å². The summed E-state index contributed by atoms with van der Waals surface area (Å²) in [4.78, 5) is 14.1. The van der Waals surface area contributed by atoms with Crippen molar-refractivity contribution in [1.82, 2.24) is 0 Å². The van der Waals surface area contributed by atoms with Gasteiger partial charge in [-0.1, -0.05) is 60.4 Å². The van der Waals surface area contributed by atoms with E-state index < -0.39 is 5.92 Å². The van der Waals surface area contributed by atoms with Crippen LogP contribution in [0.1, 0.15) is 16.7 Å². The second-order valence-corrected chi connectivity index (χ2v) is 7.94. The van der Waals surface area contributed by atoms with Crippen molar-refractivity contribution in [3.8, 4) is 5.75 Å². The molecule has 0 bridgehead atoms. The van der Waals surface area contributed by atoms with Gasteiger partial charge >= 0.3 is 0 Å². The van der Waals surface area contributed by atoms with Gasteiger partial charge in [-0.2, -0.15) is 0 Å². The summed E-state index contributed by atoms with van der Waals surface area (Å²) in [6.07, 6.45) is 0. The Hall–Kier alpha value is -1.84. The molecule has 0 N–H and O–H groups in total. The topological polar surface area (TPSA) is 26.3 Å². The molecule has 0 aromatic heterocycles. The smallest absolute Gasteiger partial charge is 0.206 e. The molecule has 3 rings (SSSR count). The van der Waals surface area contributed by atoms with Crippen LogP contribution in [0.5, 0.6) is 5.75 Å². The van der Waals surface area contributed by atoms with E-state index in [1.54, 1.807) is 0 Å². The predicted octanol–water partition coefficient (Wildman–Crippen LogP) is 5.71. The van der Waals surface area contributed by atoms with E-state index in [1.165, 1.54) is 11.8 Å². The van der Waals surface area contributed by atoms with Crippen LogP contribution in [0.15, 0.2) is 59.2 Å². The molecule has 5 heteroatoms. The highest BCUT2D eigenvalue weighted by Gasteiger charge is 2.34. The second-order valence-electron chi connectivity index (χ2n) is 6.08. The van der Waals surface area contributed by atoms with Crippen molar-refractivity contribution in [1.29, 1.82) is 0 Å². The largest absolute Gasteiger partial charge is 0.489 e. The Morgan fingerprint density at radius 1 is 1.31 bits per heavy atom. The lowest BCUT2D eigenvalue weighted by Gasteiger charge is -2.25. The third-order valence-electron chi connectivity index (χ3n) is 4.24. The summed E-state index contributed by atoms with van der Waals surface area (Å²) < 4.78 is 5.89. The minimum Gasteiger partial charge on any atom is -0.489 e. The van der Waals surface area contributed by atoms with Gasteiger partial charge in [0.05, 0.1) is 5.92 Å². The third-order valence-corrected chi connectivity index (χ3v) is 6.31. The maximum absolute atomic E-state index is 12.6. The number of rotatable bonds is 4. The van der Waals surface area contributed by atoms with Gasteiger partial charge in [-0.05, 0) is 43.2 Å². The minimum atomic E-state index is -0.545. The summed E-state index contributed by atoms with van der Waals surface area (Å²) in [5.74, 6) is 0.149. The number of carbonyl (C=O) groups is 1. The van der Waals surface area contributed by atoms with Crippen molar-refractivity contribution in [3.63, 3.8) is 0 Å². The van der Waals surface area contributed by atoms with Crippen molar-refractivity contribution < 1.29 is 9.53 Å². The number of aryl methyl sites for hydroxylation is 2. The van der Waals surface area contributed by atoms with Crippen LogP contribution in [0.4, 0.5) is 0 Å². The molecule has 0 fully saturated rings. The molecule has 1 unspecified atom stereocenters. The molecule has 2 aromatic rings. The van der Waals surface area contributed by atoms with E-state index in [9.17, 15) is 4.79 Å². The summed E-state index contributed by atoms with van der Waals surface area (Å²) >= 11 is 13.0. The van der Waals surface area contributed by atoms with E-state index in [-0.39, 0.29) is 11.7 Å². The number of carbonyl (C=O) groups excluding carboxylic acids is 1. The molecule has 0 radical (unpaired) electrons. The minimum absolute atomic E-state index is 0.0214. The van der Waals surface area contributed by atoms with Gasteiger partial charge in [-0.15, -0.1) is 5.73 Å². The quantitative estimate of drug-likeness (QED) is 0.484. The summed E-state index contributed by atoms with van der Waals surface area (Å²) in [6, 6.07) is 11.4. The second kappa shape index (κ2) is 7.81. The number of hydrogen-bond acceptors (Lipinski definition) is 4. The summed E-state index contributed by atoms with van der Waals surface area (Å²) in [5, 5.41) is 0.709. The molecule has 1 atom stereocenters. The molecular weight excluding hydrogens is 384 g/mol. The monoisotopic (exact) mass is 400 g/mol. The molecule has 132 valence electrons. The molecule has 26 heavy (non-hydrogen) atoms. The molecule has 0 saturated carbocycles. The van der Waals surface area contributed by atoms with Crippen LogP contribution in [0.25, 0.3) is 0 Å². The van der Waals surface area contributed by atoms with Gasteiger partial charge < -0.3 is 4.74 Å². The van der Waals surface area contributed by atoms with Gasteiger partial charge in [0.2, 0.25) is 5.12 Å². The normalized spacial score (nSPS) is 16.0. The van der Waals surface area contributed by atoms with E-state index in [0.717, 1.165) is 26.6 Å². The first kappa shape index (κ1) is 18.9. The SMILES string of the molecule is C=C=C(COc1cc(C)c(Cl)c(C)c1)C1C(=O)Sc2ccccc2C1=S. The van der Waals surface area contributed by atoms with Crippen LogP contribution in [0.3, 0.4) is 0 Å². The highest BCUT2D eigenvalue weighted by atomic mass is 35.5. The van der Waals surface area contributed by atoms with Crippen LogP contribution in [0, 0.1) is 19.8 Å². The molecular formula is C21H17ClO2S2. The number of fused-ring (bicyclic) bond motifs is 1. The van der Waals surface area contributed by atoms with Gasteiger partial charge in [-0.3, -0.25) is 4.79 Å². The summed E-state index contributed by atoms with van der Waals surface area (Å²) in [7, 11) is 0. The Bertz CT molecular complexity index is 935. The molecule has 0 spiro atoms. The number of benzene rings is 2. The molecule has 1 heterocycles. The number of thioether (sulfide) groups is 1. The van der Waals surface area contributed by atoms with E-state index in [2.05, 4.69) is 12.3 Å².